The number of nitro benzene ring substituents is 1. The summed E-state index contributed by atoms with van der Waals surface area (Å²) in [5.41, 5.74) is 1.11. The number of non-ortho nitro benzene ring substituents is 1. The molecule has 0 radical (unpaired) electrons. The molecule has 8 heteroatoms. The van der Waals surface area contributed by atoms with Gasteiger partial charge in [0.15, 0.2) is 0 Å². The highest BCUT2D eigenvalue weighted by Gasteiger charge is 2.42. The summed E-state index contributed by atoms with van der Waals surface area (Å²) in [6.07, 6.45) is -0.138. The molecule has 1 N–H and O–H groups in total. The topological polar surface area (TPSA) is 106 Å². The van der Waals surface area contributed by atoms with Gasteiger partial charge in [-0.3, -0.25) is 24.5 Å². The Bertz CT molecular complexity index is 1090. The van der Waals surface area contributed by atoms with Gasteiger partial charge in [0.05, 0.1) is 10.6 Å². The Labute approximate surface area is 157 Å². The number of amides is 1. The molecule has 7 nitrogen and oxygen atoms in total. The molecule has 1 aliphatic heterocycles. The van der Waals surface area contributed by atoms with Crippen LogP contribution in [0.25, 0.3) is 5.70 Å². The highest BCUT2D eigenvalue weighted by atomic mass is 35.5. The predicted molar refractivity (Wildman–Crippen MR) is 96.3 cm³/mol. The summed E-state index contributed by atoms with van der Waals surface area (Å²) in [4.78, 5) is 48.2. The van der Waals surface area contributed by atoms with E-state index in [1.165, 1.54) is 24.3 Å². The fourth-order valence-electron chi connectivity index (χ4n) is 3.52. The van der Waals surface area contributed by atoms with Crippen LogP contribution in [0.4, 0.5) is 5.69 Å². The van der Waals surface area contributed by atoms with Crippen LogP contribution < -0.4 is 5.32 Å². The molecular weight excluding hydrogens is 372 g/mol. The van der Waals surface area contributed by atoms with Crippen LogP contribution in [0.5, 0.6) is 0 Å². The molecule has 1 amide bonds. The highest BCUT2D eigenvalue weighted by Crippen LogP contribution is 2.43. The Morgan fingerprint density at radius 3 is 2.44 bits per heavy atom. The number of nitrogens with zero attached hydrogens (tertiary/aromatic N) is 1. The van der Waals surface area contributed by atoms with E-state index < -0.39 is 22.4 Å². The van der Waals surface area contributed by atoms with Crippen molar-refractivity contribution in [3.63, 3.8) is 0 Å². The summed E-state index contributed by atoms with van der Waals surface area (Å²) in [6, 6.07) is 10.3. The third-order valence-electron chi connectivity index (χ3n) is 4.73. The minimum absolute atomic E-state index is 0.112. The van der Waals surface area contributed by atoms with Gasteiger partial charge in [0.25, 0.3) is 5.69 Å². The number of nitrogens with one attached hydrogen (secondary N) is 1. The second kappa shape index (κ2) is 6.14. The summed E-state index contributed by atoms with van der Waals surface area (Å²) in [5.74, 6) is -2.62. The molecule has 2 aromatic carbocycles. The number of fused-ring (bicyclic) bond motifs is 2. The van der Waals surface area contributed by atoms with Crippen LogP contribution >= 0.6 is 11.6 Å². The first kappa shape index (κ1) is 17.1. The molecule has 0 aromatic heterocycles. The average molecular weight is 383 g/mol. The number of hydrogen-bond donors (Lipinski definition) is 1. The molecule has 0 fully saturated rings. The number of carbonyl (C=O) groups excluding carboxylic acids is 3. The molecule has 0 saturated carbocycles. The molecule has 1 atom stereocenters. The summed E-state index contributed by atoms with van der Waals surface area (Å²) in [6.45, 7) is 0. The van der Waals surface area contributed by atoms with E-state index in [4.69, 9.17) is 11.6 Å². The van der Waals surface area contributed by atoms with Crippen molar-refractivity contribution < 1.29 is 19.3 Å². The van der Waals surface area contributed by atoms with Gasteiger partial charge in [-0.05, 0) is 11.6 Å². The predicted octanol–water partition coefficient (Wildman–Crippen LogP) is 3.03. The van der Waals surface area contributed by atoms with Gasteiger partial charge < -0.3 is 5.32 Å². The van der Waals surface area contributed by atoms with Crippen LogP contribution in [-0.2, 0) is 9.59 Å². The third kappa shape index (κ3) is 2.63. The quantitative estimate of drug-likeness (QED) is 0.488. The van der Waals surface area contributed by atoms with Crippen molar-refractivity contribution in [2.45, 2.75) is 12.3 Å². The number of allylic oxidation sites excluding steroid dienone is 1. The zero-order chi connectivity index (χ0) is 19.3. The second-order valence-corrected chi connectivity index (χ2v) is 6.67. The number of rotatable bonds is 2. The molecule has 1 heterocycles. The first-order chi connectivity index (χ1) is 12.9. The highest BCUT2D eigenvalue weighted by molar-refractivity contribution is 6.53. The van der Waals surface area contributed by atoms with E-state index in [1.807, 2.05) is 0 Å². The van der Waals surface area contributed by atoms with Crippen LogP contribution in [0.1, 0.15) is 33.8 Å². The summed E-state index contributed by atoms with van der Waals surface area (Å²) in [5, 5.41) is 14.0. The van der Waals surface area contributed by atoms with Crippen LogP contribution in [0.3, 0.4) is 0 Å². The Balaban J connectivity index is 1.97. The number of halogens is 1. The zero-order valence-corrected chi connectivity index (χ0v) is 14.4. The number of hydrogen-bond acceptors (Lipinski definition) is 5. The summed E-state index contributed by atoms with van der Waals surface area (Å²) < 4.78 is 0. The molecule has 1 aliphatic carbocycles. The van der Waals surface area contributed by atoms with Gasteiger partial charge in [-0.25, -0.2) is 0 Å². The van der Waals surface area contributed by atoms with Crippen LogP contribution in [-0.4, -0.2) is 22.4 Å². The molecular formula is C19H11ClN2O5. The van der Waals surface area contributed by atoms with Gasteiger partial charge in [-0.1, -0.05) is 35.9 Å². The average Bonchev–Trinajstić information content (AvgIpc) is 2.65. The molecule has 27 heavy (non-hydrogen) atoms. The molecule has 2 aromatic rings. The Kier molecular flexibility index (Phi) is 3.89. The largest absolute Gasteiger partial charge is 0.325 e. The normalized spacial score (nSPS) is 18.7. The fourth-order valence-corrected chi connectivity index (χ4v) is 3.77. The van der Waals surface area contributed by atoms with E-state index in [-0.39, 0.29) is 45.4 Å². The van der Waals surface area contributed by atoms with E-state index in [0.717, 1.165) is 0 Å². The number of carbonyl (C=O) groups is 3. The lowest BCUT2D eigenvalue weighted by Crippen LogP contribution is -2.39. The van der Waals surface area contributed by atoms with Crippen molar-refractivity contribution in [2.75, 3.05) is 0 Å². The molecule has 2 aliphatic rings. The van der Waals surface area contributed by atoms with E-state index in [0.29, 0.717) is 5.56 Å². The monoisotopic (exact) mass is 382 g/mol. The minimum atomic E-state index is -0.842. The minimum Gasteiger partial charge on any atom is -0.325 e. The maximum Gasteiger partial charge on any atom is 0.269 e. The number of ketones is 2. The number of benzene rings is 2. The summed E-state index contributed by atoms with van der Waals surface area (Å²) in [7, 11) is 0. The van der Waals surface area contributed by atoms with Crippen LogP contribution in [0, 0.1) is 10.1 Å². The van der Waals surface area contributed by atoms with Crippen LogP contribution in [0.15, 0.2) is 48.0 Å². The van der Waals surface area contributed by atoms with Gasteiger partial charge in [0, 0.05) is 46.2 Å². The number of Topliss-reactive ketones (excluding diaryl/α,β-unsaturated/α-hetero) is 2. The Morgan fingerprint density at radius 2 is 1.74 bits per heavy atom. The van der Waals surface area contributed by atoms with Crippen LogP contribution in [0.2, 0.25) is 5.02 Å². The number of nitro groups is 1. The Morgan fingerprint density at radius 1 is 1.04 bits per heavy atom. The first-order valence-corrected chi connectivity index (χ1v) is 8.42. The SMILES string of the molecule is O=C1CC(c2cc([N+](=O)[O-])ccc2Cl)C2=C(N1)c1ccccc1C(=O)C2=O. The molecule has 0 bridgehead atoms. The lowest BCUT2D eigenvalue weighted by atomic mass is 9.75. The van der Waals surface area contributed by atoms with E-state index in [9.17, 15) is 24.5 Å². The van der Waals surface area contributed by atoms with Crippen molar-refractivity contribution in [1.82, 2.24) is 5.32 Å². The van der Waals surface area contributed by atoms with Crippen molar-refractivity contribution in [3.8, 4) is 0 Å². The van der Waals surface area contributed by atoms with Gasteiger partial charge >= 0.3 is 0 Å². The van der Waals surface area contributed by atoms with Crippen molar-refractivity contribution >= 4 is 40.5 Å². The van der Waals surface area contributed by atoms with Gasteiger partial charge in [0.1, 0.15) is 0 Å². The fraction of sp³-hybridized carbons (Fsp3) is 0.105. The van der Waals surface area contributed by atoms with Crippen molar-refractivity contribution in [3.05, 3.63) is 79.9 Å². The van der Waals surface area contributed by atoms with Gasteiger partial charge in [-0.15, -0.1) is 0 Å². The second-order valence-electron chi connectivity index (χ2n) is 6.26. The van der Waals surface area contributed by atoms with Crippen molar-refractivity contribution in [1.29, 1.82) is 0 Å². The standard InChI is InChI=1S/C19H11ClN2O5/c20-14-6-5-9(22(26)27)7-12(14)13-8-15(23)21-17-10-3-1-2-4-11(10)18(24)19(25)16(13)17/h1-7,13H,8H2,(H,21,23). The smallest absolute Gasteiger partial charge is 0.269 e. The van der Waals surface area contributed by atoms with Gasteiger partial charge in [-0.2, -0.15) is 0 Å². The van der Waals surface area contributed by atoms with E-state index in [2.05, 4.69) is 5.32 Å². The third-order valence-corrected chi connectivity index (χ3v) is 5.07. The van der Waals surface area contributed by atoms with Crippen molar-refractivity contribution in [2.24, 2.45) is 0 Å². The molecule has 134 valence electrons. The molecule has 0 saturated heterocycles. The maximum atomic E-state index is 12.8. The zero-order valence-electron chi connectivity index (χ0n) is 13.7. The first-order valence-electron chi connectivity index (χ1n) is 8.04. The molecule has 1 unspecified atom stereocenters. The lowest BCUT2D eigenvalue weighted by Gasteiger charge is -2.31. The van der Waals surface area contributed by atoms with E-state index in [1.54, 1.807) is 18.2 Å². The van der Waals surface area contributed by atoms with E-state index >= 15 is 0 Å². The van der Waals surface area contributed by atoms with Gasteiger partial charge in [0.2, 0.25) is 17.5 Å². The maximum absolute atomic E-state index is 12.8. The summed E-state index contributed by atoms with van der Waals surface area (Å²) >= 11 is 6.22. The molecule has 4 rings (SSSR count). The Hall–Kier alpha value is -3.32. The molecule has 0 spiro atoms. The lowest BCUT2D eigenvalue weighted by molar-refractivity contribution is -0.384.